The first kappa shape index (κ1) is 12.0. The lowest BCUT2D eigenvalue weighted by atomic mass is 10.0. The molecule has 1 aromatic rings. The molecule has 0 saturated heterocycles. The number of nitrogens with one attached hydrogen (secondary N) is 1. The number of benzene rings is 1. The van der Waals surface area contributed by atoms with E-state index in [1.807, 2.05) is 0 Å². The van der Waals surface area contributed by atoms with E-state index in [-0.39, 0.29) is 0 Å². The topological polar surface area (TPSA) is 12.0 Å². The third-order valence-corrected chi connectivity index (χ3v) is 2.81. The van der Waals surface area contributed by atoms with E-state index in [4.69, 9.17) is 0 Å². The summed E-state index contributed by atoms with van der Waals surface area (Å²) in [6, 6.07) is 8.91. The minimum atomic E-state index is 0.398. The molecule has 0 radical (unpaired) electrons. The molecule has 0 bridgehead atoms. The first-order chi connectivity index (χ1) is 7.15. The van der Waals surface area contributed by atoms with Crippen LogP contribution in [0.25, 0.3) is 0 Å². The number of hydrogen-bond acceptors (Lipinski definition) is 1. The Balaban J connectivity index is 2.57. The fourth-order valence-corrected chi connectivity index (χ4v) is 1.61. The number of hydrogen-bond donors (Lipinski definition) is 1. The van der Waals surface area contributed by atoms with Crippen molar-refractivity contribution >= 4 is 0 Å². The smallest absolute Gasteiger partial charge is 0.0297 e. The van der Waals surface area contributed by atoms with Gasteiger partial charge in [-0.1, -0.05) is 43.3 Å². The van der Waals surface area contributed by atoms with Crippen molar-refractivity contribution in [3.8, 4) is 0 Å². The highest BCUT2D eigenvalue weighted by molar-refractivity contribution is 5.28. The van der Waals surface area contributed by atoms with Crippen molar-refractivity contribution in [1.82, 2.24) is 5.32 Å². The van der Waals surface area contributed by atoms with E-state index in [0.29, 0.717) is 6.04 Å². The van der Waals surface area contributed by atoms with Gasteiger partial charge < -0.3 is 5.32 Å². The SMILES string of the molecule is C=C(CC)CN[C@H](C)c1ccccc1C. The summed E-state index contributed by atoms with van der Waals surface area (Å²) in [7, 11) is 0. The van der Waals surface area contributed by atoms with Crippen LogP contribution < -0.4 is 5.32 Å². The van der Waals surface area contributed by atoms with Crippen LogP contribution in [0.1, 0.15) is 37.4 Å². The summed E-state index contributed by atoms with van der Waals surface area (Å²) >= 11 is 0. The van der Waals surface area contributed by atoms with Crippen LogP contribution in [0.5, 0.6) is 0 Å². The summed E-state index contributed by atoms with van der Waals surface area (Å²) in [5.74, 6) is 0. The lowest BCUT2D eigenvalue weighted by Crippen LogP contribution is -2.21. The van der Waals surface area contributed by atoms with E-state index >= 15 is 0 Å². The molecule has 1 aromatic carbocycles. The Bertz CT molecular complexity index is 328. The van der Waals surface area contributed by atoms with Gasteiger partial charge in [-0.3, -0.25) is 0 Å². The van der Waals surface area contributed by atoms with Crippen molar-refractivity contribution in [3.63, 3.8) is 0 Å². The molecule has 0 saturated carbocycles. The Hall–Kier alpha value is -1.08. The van der Waals surface area contributed by atoms with Crippen LogP contribution in [0.4, 0.5) is 0 Å². The van der Waals surface area contributed by atoms with Crippen LogP contribution in [0.2, 0.25) is 0 Å². The van der Waals surface area contributed by atoms with Crippen molar-refractivity contribution in [2.24, 2.45) is 0 Å². The molecular formula is C14H21N. The second-order valence-corrected chi connectivity index (χ2v) is 4.06. The van der Waals surface area contributed by atoms with Crippen LogP contribution in [-0.2, 0) is 0 Å². The summed E-state index contributed by atoms with van der Waals surface area (Å²) in [4.78, 5) is 0. The molecule has 1 nitrogen and oxygen atoms in total. The Morgan fingerprint density at radius 2 is 2.07 bits per heavy atom. The first-order valence-electron chi connectivity index (χ1n) is 5.60. The van der Waals surface area contributed by atoms with Gasteiger partial charge in [0.1, 0.15) is 0 Å². The molecule has 1 heteroatoms. The summed E-state index contributed by atoms with van der Waals surface area (Å²) < 4.78 is 0. The van der Waals surface area contributed by atoms with Crippen LogP contribution >= 0.6 is 0 Å². The molecule has 0 spiro atoms. The predicted octanol–water partition coefficient (Wildman–Crippen LogP) is 3.61. The van der Waals surface area contributed by atoms with E-state index < -0.39 is 0 Å². The zero-order valence-electron chi connectivity index (χ0n) is 10.0. The standard InChI is InChI=1S/C14H21N/c1-5-11(2)10-15-13(4)14-9-7-6-8-12(14)3/h6-9,13,15H,2,5,10H2,1,3-4H3/t13-/m1/s1. The third-order valence-electron chi connectivity index (χ3n) is 2.81. The quantitative estimate of drug-likeness (QED) is 0.721. The monoisotopic (exact) mass is 203 g/mol. The maximum Gasteiger partial charge on any atom is 0.0297 e. The molecule has 1 rings (SSSR count). The van der Waals surface area contributed by atoms with Crippen LogP contribution in [-0.4, -0.2) is 6.54 Å². The van der Waals surface area contributed by atoms with Gasteiger partial charge in [0.2, 0.25) is 0 Å². The van der Waals surface area contributed by atoms with E-state index in [1.54, 1.807) is 0 Å². The van der Waals surface area contributed by atoms with E-state index in [2.05, 4.69) is 56.9 Å². The van der Waals surface area contributed by atoms with Crippen molar-refractivity contribution in [3.05, 3.63) is 47.5 Å². The lowest BCUT2D eigenvalue weighted by molar-refractivity contribution is 0.599. The molecule has 0 aromatic heterocycles. The third kappa shape index (κ3) is 3.52. The van der Waals surface area contributed by atoms with E-state index in [0.717, 1.165) is 13.0 Å². The molecule has 15 heavy (non-hydrogen) atoms. The van der Waals surface area contributed by atoms with Gasteiger partial charge in [0, 0.05) is 12.6 Å². The van der Waals surface area contributed by atoms with Gasteiger partial charge in [0.15, 0.2) is 0 Å². The second kappa shape index (κ2) is 5.72. The Morgan fingerprint density at radius 1 is 1.40 bits per heavy atom. The van der Waals surface area contributed by atoms with Gasteiger partial charge in [0.05, 0.1) is 0 Å². The average Bonchev–Trinajstić information content (AvgIpc) is 2.26. The van der Waals surface area contributed by atoms with Crippen molar-refractivity contribution in [1.29, 1.82) is 0 Å². The van der Waals surface area contributed by atoms with Crippen molar-refractivity contribution in [2.45, 2.75) is 33.2 Å². The van der Waals surface area contributed by atoms with Crippen LogP contribution in [0.3, 0.4) is 0 Å². The minimum absolute atomic E-state index is 0.398. The van der Waals surface area contributed by atoms with Crippen molar-refractivity contribution < 1.29 is 0 Å². The molecule has 1 atom stereocenters. The highest BCUT2D eigenvalue weighted by Crippen LogP contribution is 2.16. The number of rotatable bonds is 5. The maximum absolute atomic E-state index is 4.00. The van der Waals surface area contributed by atoms with E-state index in [9.17, 15) is 0 Å². The zero-order valence-corrected chi connectivity index (χ0v) is 10.0. The summed E-state index contributed by atoms with van der Waals surface area (Å²) in [5.41, 5.74) is 3.98. The average molecular weight is 203 g/mol. The normalized spacial score (nSPS) is 12.5. The fraction of sp³-hybridized carbons (Fsp3) is 0.429. The van der Waals surface area contributed by atoms with Gasteiger partial charge in [0.25, 0.3) is 0 Å². The van der Waals surface area contributed by atoms with Gasteiger partial charge in [-0.25, -0.2) is 0 Å². The Morgan fingerprint density at radius 3 is 2.67 bits per heavy atom. The van der Waals surface area contributed by atoms with Gasteiger partial charge in [-0.05, 0) is 31.4 Å². The Kier molecular flexibility index (Phi) is 4.57. The minimum Gasteiger partial charge on any atom is -0.306 e. The largest absolute Gasteiger partial charge is 0.306 e. The van der Waals surface area contributed by atoms with Crippen LogP contribution in [0, 0.1) is 6.92 Å². The Labute approximate surface area is 93.2 Å². The van der Waals surface area contributed by atoms with E-state index in [1.165, 1.54) is 16.7 Å². The molecule has 0 aliphatic rings. The molecule has 0 unspecified atom stereocenters. The molecule has 0 fully saturated rings. The lowest BCUT2D eigenvalue weighted by Gasteiger charge is -2.17. The summed E-state index contributed by atoms with van der Waals surface area (Å²) in [5, 5.41) is 3.49. The molecule has 1 N–H and O–H groups in total. The molecule has 82 valence electrons. The zero-order chi connectivity index (χ0) is 11.3. The molecule has 0 heterocycles. The van der Waals surface area contributed by atoms with Crippen molar-refractivity contribution in [2.75, 3.05) is 6.54 Å². The summed E-state index contributed by atoms with van der Waals surface area (Å²) in [6.45, 7) is 11.4. The van der Waals surface area contributed by atoms with Gasteiger partial charge in [-0.2, -0.15) is 0 Å². The summed E-state index contributed by atoms with van der Waals surface area (Å²) in [6.07, 6.45) is 1.05. The fourth-order valence-electron chi connectivity index (χ4n) is 1.61. The predicted molar refractivity (Wildman–Crippen MR) is 67.0 cm³/mol. The maximum atomic E-state index is 4.00. The molecule has 0 aliphatic heterocycles. The molecule has 0 amide bonds. The molecule has 0 aliphatic carbocycles. The second-order valence-electron chi connectivity index (χ2n) is 4.06. The first-order valence-corrected chi connectivity index (χ1v) is 5.60. The highest BCUT2D eigenvalue weighted by atomic mass is 14.9. The van der Waals surface area contributed by atoms with Gasteiger partial charge >= 0.3 is 0 Å². The number of aryl methyl sites for hydroxylation is 1. The van der Waals surface area contributed by atoms with Crippen LogP contribution in [0.15, 0.2) is 36.4 Å². The molecular weight excluding hydrogens is 182 g/mol. The van der Waals surface area contributed by atoms with Gasteiger partial charge in [-0.15, -0.1) is 0 Å². The highest BCUT2D eigenvalue weighted by Gasteiger charge is 2.06.